The number of rotatable bonds is 8. The van der Waals surface area contributed by atoms with Crippen LogP contribution in [0.4, 0.5) is 18.9 Å². The van der Waals surface area contributed by atoms with Crippen LogP contribution in [0, 0.1) is 0 Å². The van der Waals surface area contributed by atoms with Crippen LogP contribution in [0.1, 0.15) is 30.0 Å². The van der Waals surface area contributed by atoms with Crippen molar-refractivity contribution in [2.75, 3.05) is 12.4 Å². The minimum Gasteiger partial charge on any atom is -0.497 e. The molecule has 9 nitrogen and oxygen atoms in total. The number of aromatic nitrogens is 3. The third-order valence-corrected chi connectivity index (χ3v) is 9.61. The van der Waals surface area contributed by atoms with E-state index < -0.39 is 29.4 Å². The van der Waals surface area contributed by atoms with E-state index in [0.29, 0.717) is 38.6 Å². The number of anilines is 1. The lowest BCUT2D eigenvalue weighted by Gasteiger charge is -2.25. The van der Waals surface area contributed by atoms with Crippen molar-refractivity contribution >= 4 is 40.8 Å². The number of fused-ring (bicyclic) bond motifs is 1. The van der Waals surface area contributed by atoms with Crippen molar-refractivity contribution in [1.29, 1.82) is 0 Å². The van der Waals surface area contributed by atoms with Gasteiger partial charge in [-0.3, -0.25) is 14.2 Å². The van der Waals surface area contributed by atoms with Gasteiger partial charge in [0.15, 0.2) is 15.1 Å². The van der Waals surface area contributed by atoms with Crippen molar-refractivity contribution in [3.8, 4) is 17.0 Å². The second-order valence-corrected chi connectivity index (χ2v) is 13.2. The van der Waals surface area contributed by atoms with Gasteiger partial charge in [0.05, 0.1) is 34.6 Å². The molecular weight excluding hydrogens is 700 g/mol. The molecule has 0 aliphatic carbocycles. The van der Waals surface area contributed by atoms with E-state index in [1.165, 1.54) is 17.8 Å². The number of nitrogens with one attached hydrogen (secondary N) is 1. The lowest BCUT2D eigenvalue weighted by molar-refractivity contribution is -0.141. The van der Waals surface area contributed by atoms with E-state index in [2.05, 4.69) is 20.3 Å². The summed E-state index contributed by atoms with van der Waals surface area (Å²) < 4.78 is 54.4. The third-order valence-electron chi connectivity index (χ3n) is 7.84. The molecular formula is C37H26F3N5O4S2. The second-order valence-electron chi connectivity index (χ2n) is 11.2. The monoisotopic (exact) mass is 725 g/mol. The molecule has 1 N–H and O–H groups in total. The van der Waals surface area contributed by atoms with Gasteiger partial charge in [-0.25, -0.2) is 15.0 Å². The maximum absolute atomic E-state index is 14.1. The zero-order valence-corrected chi connectivity index (χ0v) is 28.5. The number of nitrogens with zero attached hydrogens (tertiary/aromatic N) is 4. The van der Waals surface area contributed by atoms with Crippen LogP contribution in [-0.2, 0) is 11.0 Å². The van der Waals surface area contributed by atoms with Crippen molar-refractivity contribution < 1.29 is 27.1 Å². The van der Waals surface area contributed by atoms with Crippen molar-refractivity contribution in [3.05, 3.63) is 151 Å². The molecule has 1 amide bonds. The van der Waals surface area contributed by atoms with Crippen LogP contribution in [0.3, 0.4) is 0 Å². The van der Waals surface area contributed by atoms with E-state index >= 15 is 0 Å². The minimum absolute atomic E-state index is 0.117. The highest BCUT2D eigenvalue weighted by molar-refractivity contribution is 7.99. The van der Waals surface area contributed by atoms with Gasteiger partial charge in [-0.15, -0.1) is 0 Å². The van der Waals surface area contributed by atoms with Gasteiger partial charge in [-0.1, -0.05) is 72.0 Å². The van der Waals surface area contributed by atoms with Crippen molar-refractivity contribution in [3.63, 3.8) is 0 Å². The summed E-state index contributed by atoms with van der Waals surface area (Å²) in [5.41, 5.74) is 1.09. The van der Waals surface area contributed by atoms with Crippen LogP contribution in [0.2, 0.25) is 0 Å². The fourth-order valence-corrected chi connectivity index (χ4v) is 7.29. The molecule has 51 heavy (non-hydrogen) atoms. The topological polar surface area (TPSA) is 112 Å². The van der Waals surface area contributed by atoms with Crippen molar-refractivity contribution in [1.82, 2.24) is 14.5 Å². The maximum atomic E-state index is 14.1. The summed E-state index contributed by atoms with van der Waals surface area (Å²) in [7, 11) is 1.53. The third kappa shape index (κ3) is 7.14. The molecule has 1 aliphatic rings. The molecule has 0 unspecified atom stereocenters. The van der Waals surface area contributed by atoms with Crippen LogP contribution in [0.15, 0.2) is 139 Å². The Hall–Kier alpha value is -5.73. The molecule has 6 aromatic rings. The van der Waals surface area contributed by atoms with E-state index in [1.807, 2.05) is 12.1 Å². The number of benzene rings is 3. The molecule has 0 bridgehead atoms. The number of carbonyl (C=O) groups excluding carboxylic acids is 1. The van der Waals surface area contributed by atoms with Gasteiger partial charge in [0, 0.05) is 17.3 Å². The minimum atomic E-state index is -4.69. The lowest BCUT2D eigenvalue weighted by atomic mass is 9.95. The molecule has 14 heteroatoms. The first-order valence-electron chi connectivity index (χ1n) is 15.4. The summed E-state index contributed by atoms with van der Waals surface area (Å²) in [4.78, 5) is 41.0. The van der Waals surface area contributed by atoms with E-state index in [-0.39, 0.29) is 26.2 Å². The van der Waals surface area contributed by atoms with Gasteiger partial charge < -0.3 is 14.5 Å². The van der Waals surface area contributed by atoms with E-state index in [0.717, 1.165) is 29.2 Å². The number of alkyl halides is 3. The highest BCUT2D eigenvalue weighted by Crippen LogP contribution is 2.35. The Kier molecular flexibility index (Phi) is 9.19. The highest BCUT2D eigenvalue weighted by atomic mass is 32.2. The number of furan rings is 1. The SMILES string of the molecule is COc1cccc([C@@H]2C(C(=O)Nc3ccccc3)=C(C)N=c3s/c(=C/c4ccc(Sc5nc(-c6ccccc6)cc(C(F)(F)F)n5)o4)c(=O)n32)c1. The van der Waals surface area contributed by atoms with Gasteiger partial charge in [0.2, 0.25) is 0 Å². The first-order chi connectivity index (χ1) is 24.6. The summed E-state index contributed by atoms with van der Waals surface area (Å²) in [5, 5.41) is 2.98. The van der Waals surface area contributed by atoms with E-state index in [1.54, 1.807) is 91.9 Å². The normalized spacial score (nSPS) is 14.6. The number of halogens is 3. The summed E-state index contributed by atoms with van der Waals surface area (Å²) >= 11 is 1.94. The average Bonchev–Trinajstić information content (AvgIpc) is 3.70. The Balaban J connectivity index is 1.25. The van der Waals surface area contributed by atoms with Crippen LogP contribution in [0.25, 0.3) is 17.3 Å². The molecule has 1 atom stereocenters. The number of ether oxygens (including phenoxy) is 1. The first-order valence-corrected chi connectivity index (χ1v) is 17.0. The number of hydrogen-bond acceptors (Lipinski definition) is 9. The van der Waals surface area contributed by atoms with Gasteiger partial charge >= 0.3 is 6.18 Å². The molecule has 3 aromatic heterocycles. The molecule has 0 saturated carbocycles. The van der Waals surface area contributed by atoms with Crippen LogP contribution in [-0.4, -0.2) is 27.6 Å². The Morgan fingerprint density at radius 3 is 2.45 bits per heavy atom. The zero-order chi connectivity index (χ0) is 35.7. The zero-order valence-electron chi connectivity index (χ0n) is 26.8. The van der Waals surface area contributed by atoms with Gasteiger partial charge in [0.1, 0.15) is 17.2 Å². The maximum Gasteiger partial charge on any atom is 0.433 e. The molecule has 0 saturated heterocycles. The average molecular weight is 726 g/mol. The molecule has 7 rings (SSSR count). The molecule has 256 valence electrons. The number of hydrogen-bond donors (Lipinski definition) is 1. The van der Waals surface area contributed by atoms with Gasteiger partial charge in [-0.05, 0) is 66.7 Å². The second kappa shape index (κ2) is 13.9. The van der Waals surface area contributed by atoms with Crippen molar-refractivity contribution in [2.24, 2.45) is 4.99 Å². The van der Waals surface area contributed by atoms with Gasteiger partial charge in [0.25, 0.3) is 11.5 Å². The Bertz CT molecular complexity index is 2480. The highest BCUT2D eigenvalue weighted by Gasteiger charge is 2.35. The summed E-state index contributed by atoms with van der Waals surface area (Å²) in [6.45, 7) is 1.72. The van der Waals surface area contributed by atoms with Gasteiger partial charge in [-0.2, -0.15) is 13.2 Å². The van der Waals surface area contributed by atoms with Crippen molar-refractivity contribution in [2.45, 2.75) is 29.4 Å². The Labute approximate surface area is 296 Å². The predicted octanol–water partition coefficient (Wildman–Crippen LogP) is 7.10. The van der Waals surface area contributed by atoms with E-state index in [9.17, 15) is 22.8 Å². The fourth-order valence-electron chi connectivity index (χ4n) is 5.52. The predicted molar refractivity (Wildman–Crippen MR) is 187 cm³/mol. The molecule has 3 aromatic carbocycles. The summed E-state index contributed by atoms with van der Waals surface area (Å²) in [6.07, 6.45) is -3.16. The molecule has 1 aliphatic heterocycles. The Morgan fingerprint density at radius 2 is 1.73 bits per heavy atom. The lowest BCUT2D eigenvalue weighted by Crippen LogP contribution is -2.40. The number of amides is 1. The Morgan fingerprint density at radius 1 is 0.980 bits per heavy atom. The van der Waals surface area contributed by atoms with Crippen LogP contribution >= 0.6 is 23.1 Å². The quantitative estimate of drug-likeness (QED) is 0.167. The van der Waals surface area contributed by atoms with Crippen LogP contribution < -0.4 is 24.9 Å². The smallest absolute Gasteiger partial charge is 0.433 e. The van der Waals surface area contributed by atoms with Crippen LogP contribution in [0.5, 0.6) is 5.75 Å². The van der Waals surface area contributed by atoms with E-state index in [4.69, 9.17) is 9.15 Å². The summed E-state index contributed by atoms with van der Waals surface area (Å²) in [5.74, 6) is 0.409. The fraction of sp³-hybridized carbons (Fsp3) is 0.108. The number of carbonyl (C=O) groups is 1. The molecule has 4 heterocycles. The standard InChI is InChI=1S/C37H26F3N5O4S2/c1-21-31(33(46)42-24-13-7-4-8-14-24)32(23-12-9-15-25(18-23)48-2)45-34(47)28(50-36(45)41-21)19-26-16-17-30(49-26)51-35-43-27(22-10-5-3-6-11-22)20-29(44-35)37(38,39)40/h3-20,32H,1-2H3,(H,42,46)/b28-19+/t32-/m1/s1. The number of thiazole rings is 1. The number of para-hydroxylation sites is 1. The summed E-state index contributed by atoms with van der Waals surface area (Å²) in [6, 6.07) is 27.8. The first kappa shape index (κ1) is 33.8. The largest absolute Gasteiger partial charge is 0.497 e. The number of methoxy groups -OCH3 is 1. The molecule has 0 fully saturated rings. The number of allylic oxidation sites excluding steroid dienone is 1. The molecule has 0 radical (unpaired) electrons. The molecule has 0 spiro atoms.